The molecule has 0 aromatic heterocycles. The topological polar surface area (TPSA) is 107 Å². The number of non-ortho nitro benzene ring substituents is 1. The zero-order valence-corrected chi connectivity index (χ0v) is 8.95. The van der Waals surface area contributed by atoms with Gasteiger partial charge in [0.1, 0.15) is 12.4 Å². The van der Waals surface area contributed by atoms with Crippen LogP contribution in [-0.2, 0) is 4.79 Å². The normalized spacial score (nSPS) is 16.0. The van der Waals surface area contributed by atoms with Gasteiger partial charge in [0.05, 0.1) is 10.5 Å². The Morgan fingerprint density at radius 1 is 1.50 bits per heavy atom. The summed E-state index contributed by atoms with van der Waals surface area (Å²) in [6.45, 7) is -0.157. The minimum Gasteiger partial charge on any atom is -0.488 e. The van der Waals surface area contributed by atoms with E-state index in [2.05, 4.69) is 0 Å². The maximum Gasteiger partial charge on any atom is 0.328 e. The highest BCUT2D eigenvalue weighted by Crippen LogP contribution is 2.30. The predicted molar refractivity (Wildman–Crippen MR) is 58.6 cm³/mol. The van der Waals surface area contributed by atoms with Crippen molar-refractivity contribution in [1.82, 2.24) is 0 Å². The van der Waals surface area contributed by atoms with Gasteiger partial charge in [-0.05, 0) is 6.07 Å². The molecule has 0 atom stereocenters. The lowest BCUT2D eigenvalue weighted by atomic mass is 9.99. The standard InChI is InChI=1S/C11H7NO6/c13-10(14)3-6-5-18-9-2-1-7(12(16)17)4-8(9)11(6)15/h1-4H,5H2,(H,13,14). The first-order valence-electron chi connectivity index (χ1n) is 4.88. The van der Waals surface area contributed by atoms with Gasteiger partial charge in [-0.3, -0.25) is 14.9 Å². The third kappa shape index (κ3) is 2.05. The lowest BCUT2D eigenvalue weighted by molar-refractivity contribution is -0.384. The molecular formula is C11H7NO6. The highest BCUT2D eigenvalue weighted by Gasteiger charge is 2.26. The number of carbonyl (C=O) groups excluding carboxylic acids is 1. The van der Waals surface area contributed by atoms with Crippen LogP contribution in [0, 0.1) is 10.1 Å². The molecule has 0 fully saturated rings. The number of nitro groups is 1. The van der Waals surface area contributed by atoms with Gasteiger partial charge in [0.15, 0.2) is 5.78 Å². The number of hydrogen-bond donors (Lipinski definition) is 1. The number of fused-ring (bicyclic) bond motifs is 1. The molecule has 1 aliphatic heterocycles. The van der Waals surface area contributed by atoms with Crippen molar-refractivity contribution in [3.63, 3.8) is 0 Å². The molecule has 0 bridgehead atoms. The minimum atomic E-state index is -1.27. The SMILES string of the molecule is O=C(O)C=C1COc2ccc([N+](=O)[O-])cc2C1=O. The van der Waals surface area contributed by atoms with Crippen LogP contribution in [0.5, 0.6) is 5.75 Å². The number of carbonyl (C=O) groups is 2. The molecule has 92 valence electrons. The number of ketones is 1. The zero-order chi connectivity index (χ0) is 13.3. The lowest BCUT2D eigenvalue weighted by Gasteiger charge is -2.17. The number of nitro benzene ring substituents is 1. The molecule has 0 radical (unpaired) electrons. The molecule has 1 aliphatic rings. The summed E-state index contributed by atoms with van der Waals surface area (Å²) in [5.41, 5.74) is -0.291. The van der Waals surface area contributed by atoms with Gasteiger partial charge in [0.25, 0.3) is 5.69 Å². The quantitative estimate of drug-likeness (QED) is 0.479. The molecule has 1 heterocycles. The highest BCUT2D eigenvalue weighted by atomic mass is 16.6. The Balaban J connectivity index is 2.47. The number of benzene rings is 1. The maximum atomic E-state index is 11.9. The van der Waals surface area contributed by atoms with E-state index in [4.69, 9.17) is 9.84 Å². The fraction of sp³-hybridized carbons (Fsp3) is 0.0909. The van der Waals surface area contributed by atoms with Crippen molar-refractivity contribution in [2.24, 2.45) is 0 Å². The van der Waals surface area contributed by atoms with Crippen LogP contribution in [-0.4, -0.2) is 28.4 Å². The summed E-state index contributed by atoms with van der Waals surface area (Å²) in [6, 6.07) is 3.62. The zero-order valence-electron chi connectivity index (χ0n) is 8.95. The van der Waals surface area contributed by atoms with Crippen molar-refractivity contribution >= 4 is 17.4 Å². The van der Waals surface area contributed by atoms with Crippen LogP contribution in [0.1, 0.15) is 10.4 Å². The summed E-state index contributed by atoms with van der Waals surface area (Å²) in [4.78, 5) is 32.4. The monoisotopic (exact) mass is 249 g/mol. The highest BCUT2D eigenvalue weighted by molar-refractivity contribution is 6.14. The van der Waals surface area contributed by atoms with Gasteiger partial charge in [0, 0.05) is 23.8 Å². The molecule has 7 heteroatoms. The maximum absolute atomic E-state index is 11.9. The number of aliphatic carboxylic acids is 1. The van der Waals surface area contributed by atoms with Crippen LogP contribution < -0.4 is 4.74 Å². The summed E-state index contributed by atoms with van der Waals surface area (Å²) in [6.07, 6.45) is 0.740. The van der Waals surface area contributed by atoms with Crippen molar-refractivity contribution in [3.8, 4) is 5.75 Å². The number of ether oxygens (including phenoxy) is 1. The first-order chi connectivity index (χ1) is 8.49. The Labute approximate surface area is 100 Å². The summed E-state index contributed by atoms with van der Waals surface area (Å²) in [5.74, 6) is -1.62. The van der Waals surface area contributed by atoms with Gasteiger partial charge in [-0.1, -0.05) is 0 Å². The predicted octanol–water partition coefficient (Wildman–Crippen LogP) is 1.18. The Kier molecular flexibility index (Phi) is 2.80. The van der Waals surface area contributed by atoms with Gasteiger partial charge in [-0.25, -0.2) is 4.79 Å². The molecule has 1 aromatic rings. The first-order valence-corrected chi connectivity index (χ1v) is 4.88. The van der Waals surface area contributed by atoms with E-state index in [0.29, 0.717) is 0 Å². The number of hydrogen-bond acceptors (Lipinski definition) is 5. The second-order valence-electron chi connectivity index (χ2n) is 3.56. The molecular weight excluding hydrogens is 242 g/mol. The van der Waals surface area contributed by atoms with Gasteiger partial charge in [0.2, 0.25) is 0 Å². The van der Waals surface area contributed by atoms with Gasteiger partial charge < -0.3 is 9.84 Å². The largest absolute Gasteiger partial charge is 0.488 e. The number of nitrogens with zero attached hydrogens (tertiary/aromatic N) is 1. The van der Waals surface area contributed by atoms with E-state index in [1.165, 1.54) is 12.1 Å². The van der Waals surface area contributed by atoms with Crippen LogP contribution in [0.4, 0.5) is 5.69 Å². The molecule has 0 amide bonds. The van der Waals surface area contributed by atoms with E-state index in [-0.39, 0.29) is 29.2 Å². The van der Waals surface area contributed by atoms with E-state index >= 15 is 0 Å². The minimum absolute atomic E-state index is 0.00273. The second-order valence-corrected chi connectivity index (χ2v) is 3.56. The van der Waals surface area contributed by atoms with Gasteiger partial charge in [-0.2, -0.15) is 0 Å². The van der Waals surface area contributed by atoms with Crippen molar-refractivity contribution in [1.29, 1.82) is 0 Å². The van der Waals surface area contributed by atoms with Crippen LogP contribution in [0.15, 0.2) is 29.8 Å². The fourth-order valence-electron chi connectivity index (χ4n) is 1.59. The van der Waals surface area contributed by atoms with Crippen LogP contribution in [0.2, 0.25) is 0 Å². The third-order valence-electron chi connectivity index (χ3n) is 2.39. The molecule has 0 saturated carbocycles. The molecule has 2 rings (SSSR count). The average Bonchev–Trinajstić information content (AvgIpc) is 2.32. The molecule has 0 spiro atoms. The van der Waals surface area contributed by atoms with Crippen molar-refractivity contribution in [2.75, 3.05) is 6.61 Å². The molecule has 7 nitrogen and oxygen atoms in total. The van der Waals surface area contributed by atoms with E-state index < -0.39 is 16.7 Å². The molecule has 0 unspecified atom stereocenters. The second kappa shape index (κ2) is 4.28. The van der Waals surface area contributed by atoms with Gasteiger partial charge >= 0.3 is 5.97 Å². The summed E-state index contributed by atoms with van der Waals surface area (Å²) in [5, 5.41) is 19.2. The third-order valence-corrected chi connectivity index (χ3v) is 2.39. The van der Waals surface area contributed by atoms with Crippen LogP contribution in [0.25, 0.3) is 0 Å². The summed E-state index contributed by atoms with van der Waals surface area (Å²) in [7, 11) is 0. The Hall–Kier alpha value is -2.70. The van der Waals surface area contributed by atoms with Crippen molar-refractivity contribution in [3.05, 3.63) is 45.5 Å². The van der Waals surface area contributed by atoms with Crippen LogP contribution in [0.3, 0.4) is 0 Å². The number of rotatable bonds is 2. The average molecular weight is 249 g/mol. The summed E-state index contributed by atoms with van der Waals surface area (Å²) < 4.78 is 5.17. The molecule has 0 aliphatic carbocycles. The molecule has 18 heavy (non-hydrogen) atoms. The van der Waals surface area contributed by atoms with E-state index in [0.717, 1.165) is 12.1 Å². The molecule has 1 N–H and O–H groups in total. The van der Waals surface area contributed by atoms with Gasteiger partial charge in [-0.15, -0.1) is 0 Å². The number of carboxylic acids is 1. The van der Waals surface area contributed by atoms with E-state index in [9.17, 15) is 19.7 Å². The Morgan fingerprint density at radius 2 is 2.22 bits per heavy atom. The number of carboxylic acid groups (broad SMARTS) is 1. The lowest BCUT2D eigenvalue weighted by Crippen LogP contribution is -2.20. The van der Waals surface area contributed by atoms with Crippen molar-refractivity contribution in [2.45, 2.75) is 0 Å². The Bertz CT molecular complexity index is 589. The summed E-state index contributed by atoms with van der Waals surface area (Å²) >= 11 is 0. The van der Waals surface area contributed by atoms with Crippen molar-refractivity contribution < 1.29 is 24.4 Å². The van der Waals surface area contributed by atoms with E-state index in [1.807, 2.05) is 0 Å². The fourth-order valence-corrected chi connectivity index (χ4v) is 1.59. The Morgan fingerprint density at radius 3 is 2.83 bits per heavy atom. The number of Topliss-reactive ketones (excluding diaryl/α,β-unsaturated/α-hetero) is 1. The molecule has 0 saturated heterocycles. The molecule has 1 aromatic carbocycles. The smallest absolute Gasteiger partial charge is 0.328 e. The van der Waals surface area contributed by atoms with Crippen LogP contribution >= 0.6 is 0 Å². The first kappa shape index (κ1) is 11.8. The van der Waals surface area contributed by atoms with E-state index in [1.54, 1.807) is 0 Å².